The van der Waals surface area contributed by atoms with Gasteiger partial charge in [0.15, 0.2) is 0 Å². The largest absolute Gasteiger partial charge is 0.493 e. The molecular weight excluding hydrogens is 643 g/mol. The zero-order valence-corrected chi connectivity index (χ0v) is 25.5. The fourth-order valence-corrected chi connectivity index (χ4v) is 5.62. The van der Waals surface area contributed by atoms with Crippen LogP contribution in [0.15, 0.2) is 70.4 Å². The van der Waals surface area contributed by atoms with Gasteiger partial charge in [-0.3, -0.25) is 14.2 Å². The van der Waals surface area contributed by atoms with Gasteiger partial charge in [-0.1, -0.05) is 42.5 Å². The number of halogens is 5. The summed E-state index contributed by atoms with van der Waals surface area (Å²) in [7, 11) is 2.81. The molecule has 0 spiro atoms. The van der Waals surface area contributed by atoms with Gasteiger partial charge in [0.1, 0.15) is 35.0 Å². The number of alkyl halides is 3. The summed E-state index contributed by atoms with van der Waals surface area (Å²) in [6, 6.07) is 6.73. The quantitative estimate of drug-likeness (QED) is 0.223. The number of nitrogens with one attached hydrogen (secondary N) is 2. The van der Waals surface area contributed by atoms with Crippen LogP contribution in [0.2, 0.25) is 0 Å². The van der Waals surface area contributed by atoms with Gasteiger partial charge < -0.3 is 25.0 Å². The third-order valence-corrected chi connectivity index (χ3v) is 7.98. The maximum Gasteiger partial charge on any atom is 0.412 e. The van der Waals surface area contributed by atoms with Crippen molar-refractivity contribution in [2.45, 2.75) is 37.5 Å². The molecule has 10 nitrogen and oxygen atoms in total. The summed E-state index contributed by atoms with van der Waals surface area (Å²) in [4.78, 5) is 50.4. The van der Waals surface area contributed by atoms with Gasteiger partial charge in [0.05, 0.1) is 12.2 Å². The zero-order valence-electron chi connectivity index (χ0n) is 25.5. The van der Waals surface area contributed by atoms with Crippen LogP contribution in [0.4, 0.5) is 27.6 Å². The van der Waals surface area contributed by atoms with E-state index in [1.807, 2.05) is 0 Å². The van der Waals surface area contributed by atoms with Crippen molar-refractivity contribution < 1.29 is 41.4 Å². The summed E-state index contributed by atoms with van der Waals surface area (Å²) < 4.78 is 79.6. The lowest BCUT2D eigenvalue weighted by Crippen LogP contribution is -2.43. The fourth-order valence-electron chi connectivity index (χ4n) is 5.62. The molecule has 4 aromatic rings. The molecule has 1 aromatic heterocycles. The summed E-state index contributed by atoms with van der Waals surface area (Å²) in [5, 5.41) is 14.1. The Bertz CT molecular complexity index is 1990. The van der Waals surface area contributed by atoms with Crippen molar-refractivity contribution in [3.8, 4) is 16.9 Å². The molecule has 0 fully saturated rings. The Morgan fingerprint density at radius 3 is 2.29 bits per heavy atom. The lowest BCUT2D eigenvalue weighted by Gasteiger charge is -2.25. The molecule has 48 heavy (non-hydrogen) atoms. The maximum absolute atomic E-state index is 15.1. The Morgan fingerprint density at radius 2 is 1.67 bits per heavy atom. The van der Waals surface area contributed by atoms with Gasteiger partial charge in [0.25, 0.3) is 11.5 Å². The van der Waals surface area contributed by atoms with Crippen molar-refractivity contribution in [3.05, 3.63) is 116 Å². The Balaban J connectivity index is 1.41. The number of benzene rings is 3. The van der Waals surface area contributed by atoms with E-state index in [2.05, 4.69) is 10.6 Å². The zero-order chi connectivity index (χ0) is 34.9. The molecule has 1 aliphatic rings. The number of carboxylic acid groups (broad SMARTS) is 1. The number of carbonyl (C=O) groups is 2. The van der Waals surface area contributed by atoms with E-state index in [1.54, 1.807) is 6.07 Å². The van der Waals surface area contributed by atoms with Crippen LogP contribution in [-0.2, 0) is 31.7 Å². The molecule has 1 amide bonds. The van der Waals surface area contributed by atoms with Gasteiger partial charge in [0.2, 0.25) is 0 Å². The number of fused-ring (bicyclic) bond motifs is 1. The Labute approximate surface area is 269 Å². The predicted molar refractivity (Wildman–Crippen MR) is 164 cm³/mol. The smallest absolute Gasteiger partial charge is 0.412 e. The number of carbonyl (C=O) groups excluding carboxylic acids is 1. The number of aromatic nitrogens is 2. The Kier molecular flexibility index (Phi) is 9.41. The van der Waals surface area contributed by atoms with Crippen LogP contribution in [0.5, 0.6) is 5.75 Å². The molecule has 3 N–H and O–H groups in total. The molecule has 15 heteroatoms. The highest BCUT2D eigenvalue weighted by atomic mass is 19.4. The van der Waals surface area contributed by atoms with E-state index in [4.69, 9.17) is 4.74 Å². The van der Waals surface area contributed by atoms with Crippen LogP contribution < -0.4 is 26.6 Å². The van der Waals surface area contributed by atoms with Crippen LogP contribution in [0.3, 0.4) is 0 Å². The number of nitrogens with zero attached hydrogens (tertiary/aromatic N) is 2. The minimum Gasteiger partial charge on any atom is -0.493 e. The number of hydrogen-bond donors (Lipinski definition) is 3. The SMILES string of the molecule is Cn1cc(-c2ccc(C[C@H](NC(=O)c3c(F)cc(N[C@H](c4ccccc4)C(F)(F)F)cc3F)C(=O)O)c3c2OCCC3)c(=O)n(C)c1=O. The van der Waals surface area contributed by atoms with Crippen LogP contribution in [0.25, 0.3) is 11.1 Å². The first-order valence-corrected chi connectivity index (χ1v) is 14.6. The van der Waals surface area contributed by atoms with Crippen molar-refractivity contribution >= 4 is 17.6 Å². The summed E-state index contributed by atoms with van der Waals surface area (Å²) in [6.07, 6.45) is -2.84. The molecule has 3 aromatic carbocycles. The number of amides is 1. The number of rotatable bonds is 9. The van der Waals surface area contributed by atoms with Gasteiger partial charge in [-0.25, -0.2) is 18.4 Å². The van der Waals surface area contributed by atoms with Crippen molar-refractivity contribution in [1.29, 1.82) is 0 Å². The second-order valence-corrected chi connectivity index (χ2v) is 11.2. The number of carboxylic acids is 1. The van der Waals surface area contributed by atoms with Gasteiger partial charge in [0, 0.05) is 38.0 Å². The maximum atomic E-state index is 15.1. The van der Waals surface area contributed by atoms with E-state index >= 15 is 8.78 Å². The minimum absolute atomic E-state index is 0.168. The summed E-state index contributed by atoms with van der Waals surface area (Å²) in [6.45, 7) is 0.299. The van der Waals surface area contributed by atoms with Crippen molar-refractivity contribution in [2.24, 2.45) is 14.1 Å². The van der Waals surface area contributed by atoms with Crippen LogP contribution in [-0.4, -0.2) is 44.9 Å². The monoisotopic (exact) mass is 672 g/mol. The van der Waals surface area contributed by atoms with E-state index in [0.717, 1.165) is 4.57 Å². The topological polar surface area (TPSA) is 132 Å². The molecule has 0 aliphatic carbocycles. The normalized spacial score (nSPS) is 14.0. The summed E-state index contributed by atoms with van der Waals surface area (Å²) >= 11 is 0. The first kappa shape index (κ1) is 33.9. The number of ether oxygens (including phenoxy) is 1. The molecule has 0 saturated carbocycles. The van der Waals surface area contributed by atoms with Crippen molar-refractivity contribution in [3.63, 3.8) is 0 Å². The number of aryl methyl sites for hydroxylation is 1. The molecule has 2 heterocycles. The molecular formula is C33H29F5N4O6. The van der Waals surface area contributed by atoms with Crippen LogP contribution in [0, 0.1) is 11.6 Å². The molecule has 0 bridgehead atoms. The summed E-state index contributed by atoms with van der Waals surface area (Å²) in [5.74, 6) is -5.68. The number of anilines is 1. The highest BCUT2D eigenvalue weighted by Gasteiger charge is 2.41. The van der Waals surface area contributed by atoms with Gasteiger partial charge in [-0.05, 0) is 41.7 Å². The number of hydrogen-bond acceptors (Lipinski definition) is 6. The van der Waals surface area contributed by atoms with Crippen molar-refractivity contribution in [2.75, 3.05) is 11.9 Å². The average Bonchev–Trinajstić information content (AvgIpc) is 3.03. The van der Waals surface area contributed by atoms with E-state index in [1.165, 1.54) is 61.3 Å². The first-order chi connectivity index (χ1) is 22.7. The Morgan fingerprint density at radius 1 is 1.00 bits per heavy atom. The second kappa shape index (κ2) is 13.3. The molecule has 1 aliphatic heterocycles. The molecule has 5 rings (SSSR count). The van der Waals surface area contributed by atoms with Crippen LogP contribution in [0.1, 0.15) is 39.5 Å². The molecule has 0 radical (unpaired) electrons. The molecule has 0 unspecified atom stereocenters. The highest BCUT2D eigenvalue weighted by molar-refractivity contribution is 5.97. The molecule has 0 saturated heterocycles. The van der Waals surface area contributed by atoms with Gasteiger partial charge >= 0.3 is 17.8 Å². The van der Waals surface area contributed by atoms with E-state index in [0.29, 0.717) is 54.0 Å². The Hall–Kier alpha value is -5.47. The lowest BCUT2D eigenvalue weighted by molar-refractivity contribution is -0.144. The first-order valence-electron chi connectivity index (χ1n) is 14.6. The van der Waals surface area contributed by atoms with E-state index in [-0.39, 0.29) is 17.5 Å². The third-order valence-electron chi connectivity index (χ3n) is 7.98. The third kappa shape index (κ3) is 6.80. The van der Waals surface area contributed by atoms with Crippen LogP contribution >= 0.6 is 0 Å². The summed E-state index contributed by atoms with van der Waals surface area (Å²) in [5.41, 5.74) is -1.58. The lowest BCUT2D eigenvalue weighted by atomic mass is 9.91. The fraction of sp³-hybridized carbons (Fsp3) is 0.273. The van der Waals surface area contributed by atoms with Gasteiger partial charge in [-0.2, -0.15) is 13.2 Å². The predicted octanol–water partition coefficient (Wildman–Crippen LogP) is 4.50. The van der Waals surface area contributed by atoms with E-state index < -0.39 is 64.3 Å². The highest BCUT2D eigenvalue weighted by Crippen LogP contribution is 2.38. The standard InChI is InChI=1S/C33H29F5N4O6/c1-41-16-22(30(44)42(2)32(41)47)21-11-10-18(20-9-6-12-48-27(20)21)13-25(31(45)46)40-29(43)26-23(34)14-19(15-24(26)35)39-28(33(36,37)38)17-7-4-3-5-8-17/h3-5,7-8,10-11,14-16,25,28,39H,6,9,12-13H2,1-2H3,(H,40,43)(H,45,46)/t25-,28+/m0/s1. The molecule has 2 atom stereocenters. The average molecular weight is 673 g/mol. The van der Waals surface area contributed by atoms with E-state index in [9.17, 15) is 37.5 Å². The van der Waals surface area contributed by atoms with Gasteiger partial charge in [-0.15, -0.1) is 0 Å². The molecule has 252 valence electrons. The second-order valence-electron chi connectivity index (χ2n) is 11.2. The van der Waals surface area contributed by atoms with Crippen molar-refractivity contribution in [1.82, 2.24) is 14.5 Å². The number of aliphatic carboxylic acids is 1. The minimum atomic E-state index is -4.84.